The number of hydrogen-bond acceptors (Lipinski definition) is 5. The molecule has 0 amide bonds. The molecule has 0 fully saturated rings. The van der Waals surface area contributed by atoms with E-state index >= 15 is 0 Å². The molecule has 5 heteroatoms. The number of pyridine rings is 4. The number of hydrogen-bond donors (Lipinski definition) is 0. The lowest BCUT2D eigenvalue weighted by molar-refractivity contribution is 0.669. The third-order valence-electron chi connectivity index (χ3n) is 15.3. The van der Waals surface area contributed by atoms with Crippen LogP contribution >= 0.6 is 0 Å². The molecule has 77 heavy (non-hydrogen) atoms. The van der Waals surface area contributed by atoms with Crippen LogP contribution in [0.5, 0.6) is 0 Å². The molecule has 15 aromatic rings. The van der Waals surface area contributed by atoms with Gasteiger partial charge in [0.15, 0.2) is 0 Å². The molecule has 0 aliphatic carbocycles. The Labute approximate surface area is 444 Å². The Hall–Kier alpha value is -10.4. The lowest BCUT2D eigenvalue weighted by atomic mass is 9.84. The molecule has 0 radical (unpaired) electrons. The molecule has 5 nitrogen and oxygen atoms in total. The molecule has 0 bridgehead atoms. The van der Waals surface area contributed by atoms with E-state index in [1.54, 1.807) is 0 Å². The minimum absolute atomic E-state index is 0.847. The van der Waals surface area contributed by atoms with E-state index in [1.165, 1.54) is 65.3 Å². The van der Waals surface area contributed by atoms with E-state index in [4.69, 9.17) is 4.42 Å². The maximum absolute atomic E-state index is 6.86. The van der Waals surface area contributed by atoms with Gasteiger partial charge in [-0.05, 0) is 195 Å². The molecule has 0 saturated carbocycles. The van der Waals surface area contributed by atoms with Crippen molar-refractivity contribution in [2.24, 2.45) is 0 Å². The van der Waals surface area contributed by atoms with E-state index in [2.05, 4.69) is 214 Å². The number of aromatic nitrogens is 4. The average Bonchev–Trinajstić information content (AvgIpc) is 3.89. The molecule has 0 unspecified atom stereocenters. The fourth-order valence-electron chi connectivity index (χ4n) is 11.9. The molecule has 0 N–H and O–H groups in total. The van der Waals surface area contributed by atoms with Crippen molar-refractivity contribution in [3.63, 3.8) is 0 Å². The van der Waals surface area contributed by atoms with Crippen molar-refractivity contribution < 1.29 is 4.42 Å². The van der Waals surface area contributed by atoms with Gasteiger partial charge in [0.2, 0.25) is 0 Å². The van der Waals surface area contributed by atoms with Gasteiger partial charge in [0.05, 0.1) is 0 Å². The third-order valence-corrected chi connectivity index (χ3v) is 15.3. The minimum atomic E-state index is 0.847. The van der Waals surface area contributed by atoms with Crippen molar-refractivity contribution >= 4 is 65.0 Å². The molecular formula is C72H44N4O. The van der Waals surface area contributed by atoms with Crippen molar-refractivity contribution in [3.8, 4) is 89.0 Å². The van der Waals surface area contributed by atoms with Crippen LogP contribution in [-0.2, 0) is 0 Å². The molecule has 0 saturated heterocycles. The first-order valence-electron chi connectivity index (χ1n) is 25.9. The SMILES string of the molecule is c1cncc(-c2cc(-c3cccnc3)cc(-c3c4ccccc4c(-c4ccc5c(c4)oc4ccc(-c6c7ccccc7c(-c7cc(-c8cccnc8)cc(-c8cccnc8)c7)c7ccccc67)cc45)c4ccccc34)c2)c1. The van der Waals surface area contributed by atoms with Gasteiger partial charge in [0.1, 0.15) is 11.2 Å². The maximum Gasteiger partial charge on any atom is 0.136 e. The first-order chi connectivity index (χ1) is 38.2. The van der Waals surface area contributed by atoms with Gasteiger partial charge in [-0.25, -0.2) is 0 Å². The number of rotatable bonds is 8. The largest absolute Gasteiger partial charge is 0.456 e. The Morgan fingerprint density at radius 1 is 0.195 bits per heavy atom. The Kier molecular flexibility index (Phi) is 10.5. The Morgan fingerprint density at radius 2 is 0.506 bits per heavy atom. The van der Waals surface area contributed by atoms with Crippen LogP contribution in [0.2, 0.25) is 0 Å². The summed E-state index contributed by atoms with van der Waals surface area (Å²) in [4.78, 5) is 18.0. The zero-order chi connectivity index (χ0) is 50.8. The smallest absolute Gasteiger partial charge is 0.136 e. The molecule has 5 heterocycles. The van der Waals surface area contributed by atoms with Crippen LogP contribution in [0.15, 0.2) is 272 Å². The van der Waals surface area contributed by atoms with E-state index in [9.17, 15) is 0 Å². The second kappa shape index (κ2) is 18.2. The Morgan fingerprint density at radius 3 is 0.844 bits per heavy atom. The third kappa shape index (κ3) is 7.55. The standard InChI is InChI=1S/C72H44N4O/c1-5-21-62-58(17-1)69(59-18-2-6-22-63(59)71(62)55-35-51(47-13-9-29-73-41-47)33-52(36-55)48-14-10-30-74-42-48)45-26-28-67-66(39-45)57-27-25-46(40-68(57)77-67)70-60-19-3-7-23-64(60)72(65-24-8-4-20-61(65)70)56-37-53(49-15-11-31-75-43-49)34-54(38-56)50-16-12-32-76-44-50/h1-44H. The van der Waals surface area contributed by atoms with Crippen molar-refractivity contribution in [3.05, 3.63) is 268 Å². The van der Waals surface area contributed by atoms with Gasteiger partial charge in [-0.2, -0.15) is 0 Å². The fourth-order valence-corrected chi connectivity index (χ4v) is 11.9. The van der Waals surface area contributed by atoms with Gasteiger partial charge in [0.25, 0.3) is 0 Å². The number of benzene rings is 10. The summed E-state index contributed by atoms with van der Waals surface area (Å²) >= 11 is 0. The van der Waals surface area contributed by atoms with Crippen LogP contribution in [-0.4, -0.2) is 19.9 Å². The van der Waals surface area contributed by atoms with Crippen LogP contribution in [0, 0.1) is 0 Å². The first-order valence-corrected chi connectivity index (χ1v) is 25.9. The zero-order valence-electron chi connectivity index (χ0n) is 41.6. The van der Waals surface area contributed by atoms with Crippen molar-refractivity contribution in [1.29, 1.82) is 0 Å². The summed E-state index contributed by atoms with van der Waals surface area (Å²) in [5, 5.41) is 11.6. The Bertz CT molecular complexity index is 4550. The number of fused-ring (bicyclic) bond motifs is 7. The lowest BCUT2D eigenvalue weighted by Crippen LogP contribution is -1.92. The predicted molar refractivity (Wildman–Crippen MR) is 318 cm³/mol. The second-order valence-electron chi connectivity index (χ2n) is 19.8. The van der Waals surface area contributed by atoms with Crippen molar-refractivity contribution in [2.45, 2.75) is 0 Å². The molecule has 0 aliphatic rings. The van der Waals surface area contributed by atoms with Gasteiger partial charge in [-0.15, -0.1) is 0 Å². The van der Waals surface area contributed by atoms with Crippen LogP contribution in [0.25, 0.3) is 154 Å². The van der Waals surface area contributed by atoms with Crippen molar-refractivity contribution in [1.82, 2.24) is 19.9 Å². The molecule has 15 rings (SSSR count). The Balaban J connectivity index is 0.887. The summed E-state index contributed by atoms with van der Waals surface area (Å²) in [6.07, 6.45) is 15.0. The molecule has 10 aromatic carbocycles. The van der Waals surface area contributed by atoms with Crippen LogP contribution in [0.3, 0.4) is 0 Å². The van der Waals surface area contributed by atoms with E-state index in [-0.39, 0.29) is 0 Å². The quantitative estimate of drug-likeness (QED) is 0.142. The summed E-state index contributed by atoms with van der Waals surface area (Å²) in [5.41, 5.74) is 19.6. The van der Waals surface area contributed by atoms with Gasteiger partial charge in [0, 0.05) is 82.6 Å². The van der Waals surface area contributed by atoms with E-state index in [0.717, 1.165) is 88.7 Å². The molecule has 0 spiro atoms. The summed E-state index contributed by atoms with van der Waals surface area (Å²) in [6.45, 7) is 0. The monoisotopic (exact) mass is 980 g/mol. The first kappa shape index (κ1) is 44.2. The highest BCUT2D eigenvalue weighted by Crippen LogP contribution is 2.49. The summed E-state index contributed by atoms with van der Waals surface area (Å²) < 4.78 is 6.86. The summed E-state index contributed by atoms with van der Waals surface area (Å²) in [6, 6.07) is 79.1. The van der Waals surface area contributed by atoms with Crippen LogP contribution in [0.1, 0.15) is 0 Å². The van der Waals surface area contributed by atoms with Gasteiger partial charge in [-0.1, -0.05) is 133 Å². The van der Waals surface area contributed by atoms with E-state index < -0.39 is 0 Å². The number of nitrogens with zero attached hydrogens (tertiary/aromatic N) is 4. The van der Waals surface area contributed by atoms with E-state index in [0.29, 0.717) is 0 Å². The topological polar surface area (TPSA) is 64.7 Å². The highest BCUT2D eigenvalue weighted by molar-refractivity contribution is 6.24. The molecule has 0 atom stereocenters. The lowest BCUT2D eigenvalue weighted by Gasteiger charge is -2.19. The zero-order valence-corrected chi connectivity index (χ0v) is 41.6. The maximum atomic E-state index is 6.86. The second-order valence-corrected chi connectivity index (χ2v) is 19.8. The number of furan rings is 1. The normalized spacial score (nSPS) is 11.6. The van der Waals surface area contributed by atoms with Crippen LogP contribution in [0.4, 0.5) is 0 Å². The molecule has 5 aromatic heterocycles. The highest BCUT2D eigenvalue weighted by Gasteiger charge is 2.22. The summed E-state index contributed by atoms with van der Waals surface area (Å²) in [7, 11) is 0. The van der Waals surface area contributed by atoms with Gasteiger partial charge >= 0.3 is 0 Å². The molecule has 358 valence electrons. The van der Waals surface area contributed by atoms with Crippen LogP contribution < -0.4 is 0 Å². The summed E-state index contributed by atoms with van der Waals surface area (Å²) in [5.74, 6) is 0. The molecule has 0 aliphatic heterocycles. The highest BCUT2D eigenvalue weighted by atomic mass is 16.3. The minimum Gasteiger partial charge on any atom is -0.456 e. The van der Waals surface area contributed by atoms with Crippen molar-refractivity contribution in [2.75, 3.05) is 0 Å². The average molecular weight is 981 g/mol. The fraction of sp³-hybridized carbons (Fsp3) is 0. The van der Waals surface area contributed by atoms with E-state index in [1.807, 2.05) is 73.8 Å². The van der Waals surface area contributed by atoms with Gasteiger partial charge < -0.3 is 4.42 Å². The van der Waals surface area contributed by atoms with Gasteiger partial charge in [-0.3, -0.25) is 19.9 Å². The molecular weight excluding hydrogens is 937 g/mol. The predicted octanol–water partition coefficient (Wildman–Crippen LogP) is 19.1.